The first-order valence-corrected chi connectivity index (χ1v) is 23.3. The van der Waals surface area contributed by atoms with Crippen molar-refractivity contribution in [3.63, 3.8) is 0 Å². The molecule has 0 N–H and O–H groups in total. The summed E-state index contributed by atoms with van der Waals surface area (Å²) in [7, 11) is -8.04. The van der Waals surface area contributed by atoms with Crippen molar-refractivity contribution in [1.29, 1.82) is 0 Å². The molecule has 0 amide bonds. The van der Waals surface area contributed by atoms with E-state index in [-0.39, 0.29) is 57.9 Å². The Morgan fingerprint density at radius 2 is 0.614 bits per heavy atom. The van der Waals surface area contributed by atoms with Crippen molar-refractivity contribution in [2.45, 2.75) is 0 Å². The maximum Gasteiger partial charge on any atom is 0.179 e. The van der Waals surface area contributed by atoms with Crippen molar-refractivity contribution in [2.75, 3.05) is 0 Å². The Morgan fingerprint density at radius 1 is 0.298 bits per heavy atom. The summed E-state index contributed by atoms with van der Waals surface area (Å²) in [5.41, 5.74) is 0.732. The van der Waals surface area contributed by atoms with Crippen molar-refractivity contribution in [3.8, 4) is 22.3 Å². The van der Waals surface area contributed by atoms with Crippen molar-refractivity contribution in [2.24, 2.45) is 0 Å². The average Bonchev–Trinajstić information content (AvgIpc) is 3.39. The minimum atomic E-state index is -4.02. The number of halogens is 1. The highest BCUT2D eigenvalue weighted by Crippen LogP contribution is 2.23. The molecule has 0 aliphatic rings. The molecule has 272 valence electrons. The summed E-state index contributed by atoms with van der Waals surface area (Å²) < 4.78 is 119. The van der Waals surface area contributed by atoms with Crippen LogP contribution in [0.4, 0.5) is 0 Å². The van der Waals surface area contributed by atoms with Crippen LogP contribution in [0, 0.1) is 0 Å². The standard InChI is InChI=1S/C54H41BrSi2/c55-46-39-53(56(47-27-11-3-12-28-47,48-29-13-4-14-30-48)51-35-19-25-44(37-51)42-21-7-1-8-22-42)41-54(40-46)57(49-31-15-5-16-32-49,50-33-17-6-18-34-50)52-36-20-26-45(38-52)43-23-9-2-10-24-43/h1-41H/i1D,2D,7D,8D,9D,10D,21D,22D,23D,24D,39D,40D,41D. The SMILES string of the molecule is [2H]c1c([2H])c([2H])c(-c2cccc([Si](c3ccccc3)(c3ccccc3)c3c([2H])c(Br)c([2H])c([Si](c4ccccc4)(c4ccccc4)c4cccc(-c5c([2H])c([2H])c([2H])c([2H])c5[2H])c4)c3[2H])c2)c([2H])c1[2H]. The Balaban J connectivity index is 1.48. The van der Waals surface area contributed by atoms with Gasteiger partial charge in [-0.2, -0.15) is 0 Å². The molecule has 9 aromatic rings. The van der Waals surface area contributed by atoms with Gasteiger partial charge in [0.2, 0.25) is 0 Å². The van der Waals surface area contributed by atoms with E-state index in [1.54, 1.807) is 24.3 Å². The molecule has 0 spiro atoms. The zero-order valence-electron chi connectivity index (χ0n) is 43.5. The maximum atomic E-state index is 11.0. The molecule has 0 fully saturated rings. The molecule has 0 aromatic heterocycles. The molecule has 0 radical (unpaired) electrons. The van der Waals surface area contributed by atoms with Gasteiger partial charge in [-0.3, -0.25) is 0 Å². The topological polar surface area (TPSA) is 0 Å². The summed E-state index contributed by atoms with van der Waals surface area (Å²) >= 11 is 3.79. The van der Waals surface area contributed by atoms with E-state index in [0.717, 1.165) is 20.7 Å². The number of rotatable bonds is 10. The van der Waals surface area contributed by atoms with E-state index in [4.69, 9.17) is 13.7 Å². The normalized spacial score (nSPS) is 14.8. The smallest absolute Gasteiger partial charge is 0.0623 e. The monoisotopic (exact) mass is 837 g/mol. The molecule has 0 atom stereocenters. The molecule has 0 aliphatic heterocycles. The van der Waals surface area contributed by atoms with Gasteiger partial charge in [0.1, 0.15) is 0 Å². The minimum absolute atomic E-state index is 0.0102. The minimum Gasteiger partial charge on any atom is -0.0623 e. The fourth-order valence-corrected chi connectivity index (χ4v) is 18.1. The van der Waals surface area contributed by atoms with Crippen LogP contribution in [0.3, 0.4) is 0 Å². The van der Waals surface area contributed by atoms with E-state index in [0.29, 0.717) is 31.9 Å². The molecule has 0 saturated carbocycles. The fraction of sp³-hybridized carbons (Fsp3) is 0. The maximum absolute atomic E-state index is 11.0. The molecule has 0 unspecified atom stereocenters. The molecule has 0 nitrogen and oxygen atoms in total. The Morgan fingerprint density at radius 3 is 0.947 bits per heavy atom. The highest BCUT2D eigenvalue weighted by atomic mass is 79.9. The van der Waals surface area contributed by atoms with Crippen molar-refractivity contribution in [3.05, 3.63) is 253 Å². The van der Waals surface area contributed by atoms with Crippen LogP contribution >= 0.6 is 15.9 Å². The van der Waals surface area contributed by atoms with Crippen LogP contribution in [0.15, 0.2) is 253 Å². The summed E-state index contributed by atoms with van der Waals surface area (Å²) in [5.74, 6) is 0. The van der Waals surface area contributed by atoms with E-state index in [1.165, 1.54) is 0 Å². The zero-order valence-corrected chi connectivity index (χ0v) is 34.1. The molecule has 0 aliphatic carbocycles. The lowest BCUT2D eigenvalue weighted by Crippen LogP contribution is -2.78. The van der Waals surface area contributed by atoms with Gasteiger partial charge in [-0.15, -0.1) is 0 Å². The van der Waals surface area contributed by atoms with Crippen LogP contribution in [0.5, 0.6) is 0 Å². The van der Waals surface area contributed by atoms with Crippen LogP contribution < -0.4 is 41.5 Å². The quantitative estimate of drug-likeness (QED) is 0.0958. The second-order valence-corrected chi connectivity index (χ2v) is 21.8. The molecule has 0 saturated heterocycles. The highest BCUT2D eigenvalue weighted by molar-refractivity contribution is 9.10. The third-order valence-corrected chi connectivity index (χ3v) is 20.0. The summed E-state index contributed by atoms with van der Waals surface area (Å²) in [6, 6.07) is 48.4. The van der Waals surface area contributed by atoms with Gasteiger partial charge in [0.25, 0.3) is 0 Å². The van der Waals surface area contributed by atoms with E-state index >= 15 is 0 Å². The first kappa shape index (κ1) is 24.5. The predicted molar refractivity (Wildman–Crippen MR) is 252 cm³/mol. The molecular weight excluding hydrogens is 785 g/mol. The lowest BCUT2D eigenvalue weighted by Gasteiger charge is -2.38. The molecule has 0 bridgehead atoms. The number of benzene rings is 9. The van der Waals surface area contributed by atoms with Crippen molar-refractivity contribution in [1.82, 2.24) is 0 Å². The summed E-state index contributed by atoms with van der Waals surface area (Å²) in [6.45, 7) is 0. The molecule has 0 heterocycles. The van der Waals surface area contributed by atoms with Gasteiger partial charge in [0.05, 0.1) is 17.8 Å². The summed E-state index contributed by atoms with van der Waals surface area (Å²) in [6.07, 6.45) is 0. The lowest BCUT2D eigenvalue weighted by molar-refractivity contribution is 1.61. The van der Waals surface area contributed by atoms with Crippen molar-refractivity contribution < 1.29 is 17.8 Å². The molecule has 57 heavy (non-hydrogen) atoms. The van der Waals surface area contributed by atoms with Gasteiger partial charge in [-0.05, 0) is 75.8 Å². The van der Waals surface area contributed by atoms with E-state index < -0.39 is 52.4 Å². The Labute approximate surface area is 365 Å². The van der Waals surface area contributed by atoms with Gasteiger partial charge in [-0.25, -0.2) is 0 Å². The first-order chi connectivity index (χ1) is 33.6. The van der Waals surface area contributed by atoms with Crippen LogP contribution in [0.2, 0.25) is 0 Å². The van der Waals surface area contributed by atoms with Gasteiger partial charge < -0.3 is 0 Å². The summed E-state index contributed by atoms with van der Waals surface area (Å²) in [5, 5.41) is 5.12. The third-order valence-electron chi connectivity index (χ3n) is 10.5. The third kappa shape index (κ3) is 6.78. The first-order valence-electron chi connectivity index (χ1n) is 25.0. The Hall–Kier alpha value is -6.11. The molecule has 3 heteroatoms. The second-order valence-electron chi connectivity index (χ2n) is 13.6. The Bertz CT molecular complexity index is 3120. The molecule has 9 rings (SSSR count). The van der Waals surface area contributed by atoms with Crippen LogP contribution in [-0.2, 0) is 0 Å². The highest BCUT2D eigenvalue weighted by Gasteiger charge is 2.46. The van der Waals surface area contributed by atoms with E-state index in [9.17, 15) is 4.11 Å². The average molecular weight is 839 g/mol. The number of hydrogen-bond donors (Lipinski definition) is 0. The second kappa shape index (κ2) is 16.2. The molecule has 9 aromatic carbocycles. The fourth-order valence-electron chi connectivity index (χ4n) is 8.04. The van der Waals surface area contributed by atoms with Gasteiger partial charge >= 0.3 is 0 Å². The molecular formula is C54H41BrSi2. The van der Waals surface area contributed by atoms with E-state index in [1.807, 2.05) is 146 Å². The van der Waals surface area contributed by atoms with Crippen LogP contribution in [0.25, 0.3) is 22.3 Å². The Kier molecular flexibility index (Phi) is 6.95. The number of hydrogen-bond acceptors (Lipinski definition) is 0. The van der Waals surface area contributed by atoms with Gasteiger partial charge in [0.15, 0.2) is 16.1 Å². The lowest BCUT2D eigenvalue weighted by atomic mass is 10.1. The van der Waals surface area contributed by atoms with Gasteiger partial charge in [-0.1, -0.05) is 252 Å². The summed E-state index contributed by atoms with van der Waals surface area (Å²) in [4.78, 5) is 0. The zero-order chi connectivity index (χ0) is 49.8. The largest absolute Gasteiger partial charge is 0.179 e. The predicted octanol–water partition coefficient (Wildman–Crippen LogP) is 8.54. The van der Waals surface area contributed by atoms with Gasteiger partial charge in [0, 0.05) is 4.47 Å². The van der Waals surface area contributed by atoms with Crippen molar-refractivity contribution >= 4 is 73.6 Å². The van der Waals surface area contributed by atoms with Crippen LogP contribution in [0.1, 0.15) is 17.8 Å². The van der Waals surface area contributed by atoms with Crippen LogP contribution in [-0.4, -0.2) is 16.1 Å². The van der Waals surface area contributed by atoms with E-state index in [2.05, 4.69) is 15.9 Å².